The number of halogens is 1. The van der Waals surface area contributed by atoms with Crippen LogP contribution in [0.15, 0.2) is 24.3 Å². The topological polar surface area (TPSA) is 59.1 Å². The number of carbonyl (C=O) groups is 2. The van der Waals surface area contributed by atoms with Crippen molar-refractivity contribution in [3.8, 4) is 5.75 Å². The van der Waals surface area contributed by atoms with E-state index in [4.69, 9.17) is 21.1 Å². The lowest BCUT2D eigenvalue weighted by molar-refractivity contribution is -0.133. The number of para-hydroxylation sites is 1. The maximum Gasteiger partial charge on any atom is 0.410 e. The first-order chi connectivity index (χ1) is 11.8. The van der Waals surface area contributed by atoms with Crippen molar-refractivity contribution in [2.45, 2.75) is 32.8 Å². The van der Waals surface area contributed by atoms with Crippen molar-refractivity contribution < 1.29 is 19.1 Å². The summed E-state index contributed by atoms with van der Waals surface area (Å²) in [5, 5.41) is 0.474. The van der Waals surface area contributed by atoms with Gasteiger partial charge in [-0.25, -0.2) is 4.79 Å². The largest absolute Gasteiger partial charge is 0.482 e. The molecule has 0 radical (unpaired) electrons. The van der Waals surface area contributed by atoms with Crippen molar-refractivity contribution in [3.63, 3.8) is 0 Å². The Hall–Kier alpha value is -1.95. The minimum Gasteiger partial charge on any atom is -0.482 e. The number of benzene rings is 1. The van der Waals surface area contributed by atoms with E-state index >= 15 is 0 Å². The van der Waals surface area contributed by atoms with E-state index in [1.165, 1.54) is 0 Å². The Morgan fingerprint density at radius 1 is 1.08 bits per heavy atom. The molecule has 2 amide bonds. The molecule has 25 heavy (non-hydrogen) atoms. The van der Waals surface area contributed by atoms with E-state index in [-0.39, 0.29) is 18.6 Å². The molecule has 6 nitrogen and oxygen atoms in total. The van der Waals surface area contributed by atoms with E-state index < -0.39 is 5.60 Å². The number of ether oxygens (including phenoxy) is 2. The number of amides is 2. The van der Waals surface area contributed by atoms with Crippen molar-refractivity contribution in [1.82, 2.24) is 9.80 Å². The van der Waals surface area contributed by atoms with E-state index in [1.807, 2.05) is 20.8 Å². The molecule has 0 bridgehead atoms. The molecule has 0 aromatic heterocycles. The summed E-state index contributed by atoms with van der Waals surface area (Å²) in [6, 6.07) is 7.04. The number of hydrogen-bond acceptors (Lipinski definition) is 4. The molecular formula is C18H25ClN2O4. The van der Waals surface area contributed by atoms with E-state index in [2.05, 4.69) is 0 Å². The second-order valence-electron chi connectivity index (χ2n) is 6.92. The fourth-order valence-electron chi connectivity index (χ4n) is 2.47. The van der Waals surface area contributed by atoms with Crippen molar-refractivity contribution in [3.05, 3.63) is 29.3 Å². The Morgan fingerprint density at radius 2 is 1.72 bits per heavy atom. The van der Waals surface area contributed by atoms with Crippen LogP contribution in [0, 0.1) is 0 Å². The third-order valence-corrected chi connectivity index (χ3v) is 4.00. The second kappa shape index (κ2) is 8.43. The average Bonchev–Trinajstić information content (AvgIpc) is 2.78. The third kappa shape index (κ3) is 6.12. The second-order valence-corrected chi connectivity index (χ2v) is 7.33. The zero-order chi connectivity index (χ0) is 18.4. The lowest BCUT2D eigenvalue weighted by Crippen LogP contribution is -2.41. The Morgan fingerprint density at radius 3 is 2.40 bits per heavy atom. The summed E-state index contributed by atoms with van der Waals surface area (Å²) in [4.78, 5) is 27.9. The first-order valence-electron chi connectivity index (χ1n) is 8.39. The van der Waals surface area contributed by atoms with Gasteiger partial charge in [0.15, 0.2) is 6.61 Å². The highest BCUT2D eigenvalue weighted by Gasteiger charge is 2.26. The molecule has 1 fully saturated rings. The van der Waals surface area contributed by atoms with Gasteiger partial charge >= 0.3 is 6.09 Å². The fraction of sp³-hybridized carbons (Fsp3) is 0.556. The first kappa shape index (κ1) is 19.4. The molecule has 1 aliphatic heterocycles. The van der Waals surface area contributed by atoms with Gasteiger partial charge in [-0.05, 0) is 39.3 Å². The summed E-state index contributed by atoms with van der Waals surface area (Å²) in [5.41, 5.74) is -0.526. The van der Waals surface area contributed by atoms with Crippen LogP contribution in [0.4, 0.5) is 4.79 Å². The summed E-state index contributed by atoms with van der Waals surface area (Å²) >= 11 is 6.02. The minimum atomic E-state index is -0.526. The van der Waals surface area contributed by atoms with Gasteiger partial charge in [0, 0.05) is 26.2 Å². The van der Waals surface area contributed by atoms with Gasteiger partial charge < -0.3 is 19.3 Å². The fourth-order valence-corrected chi connectivity index (χ4v) is 2.66. The molecule has 0 N–H and O–H groups in total. The van der Waals surface area contributed by atoms with Gasteiger partial charge in [0.25, 0.3) is 5.91 Å². The Kier molecular flexibility index (Phi) is 6.53. The van der Waals surface area contributed by atoms with Gasteiger partial charge in [0.05, 0.1) is 5.02 Å². The normalized spacial score (nSPS) is 15.5. The molecule has 2 rings (SSSR count). The number of hydrogen-bond donors (Lipinski definition) is 0. The van der Waals surface area contributed by atoms with E-state index in [1.54, 1.807) is 34.1 Å². The molecule has 0 spiro atoms. The van der Waals surface area contributed by atoms with Crippen LogP contribution in [0.3, 0.4) is 0 Å². The van der Waals surface area contributed by atoms with Crippen LogP contribution >= 0.6 is 11.6 Å². The summed E-state index contributed by atoms with van der Waals surface area (Å²) < 4.78 is 10.9. The molecule has 0 atom stereocenters. The highest BCUT2D eigenvalue weighted by Crippen LogP contribution is 2.23. The summed E-state index contributed by atoms with van der Waals surface area (Å²) in [6.07, 6.45) is 0.367. The molecule has 138 valence electrons. The zero-order valence-corrected chi connectivity index (χ0v) is 15.7. The molecule has 1 saturated heterocycles. The van der Waals surface area contributed by atoms with Gasteiger partial charge in [-0.2, -0.15) is 0 Å². The summed E-state index contributed by atoms with van der Waals surface area (Å²) in [7, 11) is 0. The van der Waals surface area contributed by atoms with Crippen LogP contribution in [0.2, 0.25) is 5.02 Å². The predicted octanol–water partition coefficient (Wildman–Crippen LogP) is 3.19. The molecule has 1 heterocycles. The maximum absolute atomic E-state index is 12.4. The summed E-state index contributed by atoms with van der Waals surface area (Å²) in [6.45, 7) is 7.51. The molecular weight excluding hydrogens is 344 g/mol. The Balaban J connectivity index is 1.84. The van der Waals surface area contributed by atoms with Crippen LogP contribution in [0.5, 0.6) is 5.75 Å². The van der Waals surface area contributed by atoms with E-state index in [9.17, 15) is 9.59 Å². The van der Waals surface area contributed by atoms with Gasteiger partial charge in [-0.3, -0.25) is 4.79 Å². The highest BCUT2D eigenvalue weighted by atomic mass is 35.5. The van der Waals surface area contributed by atoms with Gasteiger partial charge in [0.2, 0.25) is 0 Å². The average molecular weight is 369 g/mol. The van der Waals surface area contributed by atoms with Crippen LogP contribution in [0.1, 0.15) is 27.2 Å². The third-order valence-electron chi connectivity index (χ3n) is 3.69. The first-order valence-corrected chi connectivity index (χ1v) is 8.77. The molecule has 7 heteroatoms. The lowest BCUT2D eigenvalue weighted by atomic mass is 10.2. The van der Waals surface area contributed by atoms with E-state index in [0.29, 0.717) is 43.4 Å². The van der Waals surface area contributed by atoms with Crippen LogP contribution < -0.4 is 4.74 Å². The van der Waals surface area contributed by atoms with Crippen LogP contribution in [0.25, 0.3) is 0 Å². The minimum absolute atomic E-state index is 0.0732. The zero-order valence-electron chi connectivity index (χ0n) is 15.0. The monoisotopic (exact) mass is 368 g/mol. The summed E-state index contributed by atoms with van der Waals surface area (Å²) in [5.74, 6) is 0.369. The Labute approximate surface area is 153 Å². The van der Waals surface area contributed by atoms with Gasteiger partial charge in [0.1, 0.15) is 11.4 Å². The van der Waals surface area contributed by atoms with E-state index in [0.717, 1.165) is 0 Å². The standard InChI is InChI=1S/C18H25ClN2O4/c1-18(2,3)25-17(23)21-10-6-9-20(11-12-21)16(22)13-24-15-8-5-4-7-14(15)19/h4-5,7-8H,6,9-13H2,1-3H3. The highest BCUT2D eigenvalue weighted by molar-refractivity contribution is 6.32. The molecule has 1 aromatic carbocycles. The molecule has 1 aromatic rings. The van der Waals surface area contributed by atoms with Gasteiger partial charge in [-0.15, -0.1) is 0 Å². The molecule has 0 saturated carbocycles. The maximum atomic E-state index is 12.4. The molecule has 1 aliphatic rings. The molecule has 0 unspecified atom stereocenters. The van der Waals surface area contributed by atoms with Crippen molar-refractivity contribution in [1.29, 1.82) is 0 Å². The Bertz CT molecular complexity index is 615. The SMILES string of the molecule is CC(C)(C)OC(=O)N1CCCN(C(=O)COc2ccccc2Cl)CC1. The van der Waals surface area contributed by atoms with Crippen molar-refractivity contribution in [2.75, 3.05) is 32.8 Å². The number of carbonyl (C=O) groups excluding carboxylic acids is 2. The smallest absolute Gasteiger partial charge is 0.410 e. The van der Waals surface area contributed by atoms with Crippen molar-refractivity contribution >= 4 is 23.6 Å². The van der Waals surface area contributed by atoms with Gasteiger partial charge in [-0.1, -0.05) is 23.7 Å². The predicted molar refractivity (Wildman–Crippen MR) is 96.0 cm³/mol. The lowest BCUT2D eigenvalue weighted by Gasteiger charge is -2.26. The quantitative estimate of drug-likeness (QED) is 0.822. The van der Waals surface area contributed by atoms with Crippen LogP contribution in [-0.4, -0.2) is 60.2 Å². The van der Waals surface area contributed by atoms with Crippen LogP contribution in [-0.2, 0) is 9.53 Å². The van der Waals surface area contributed by atoms with Crippen molar-refractivity contribution in [2.24, 2.45) is 0 Å². The molecule has 0 aliphatic carbocycles. The number of rotatable bonds is 3. The number of nitrogens with zero attached hydrogens (tertiary/aromatic N) is 2.